The summed E-state index contributed by atoms with van der Waals surface area (Å²) in [6.07, 6.45) is 6.80. The van der Waals surface area contributed by atoms with Crippen molar-refractivity contribution >= 4 is 12.4 Å². The van der Waals surface area contributed by atoms with Crippen LogP contribution in [-0.2, 0) is 0 Å². The monoisotopic (exact) mass is 255 g/mol. The summed E-state index contributed by atoms with van der Waals surface area (Å²) in [5.74, 6) is -0.390. The molecule has 0 unspecified atom stereocenters. The number of aromatic hydroxyl groups is 1. The summed E-state index contributed by atoms with van der Waals surface area (Å²) in [5, 5.41) is 9.78. The molecule has 2 aromatic rings. The highest BCUT2D eigenvalue weighted by Gasteiger charge is 2.18. The number of hydrogen-bond acceptors (Lipinski definition) is 3. The Hall–Kier alpha value is -2.82. The topological polar surface area (TPSA) is 69.3 Å². The summed E-state index contributed by atoms with van der Waals surface area (Å²) in [7, 11) is 0. The molecule has 2 N–H and O–H groups in total. The SMILES string of the molecule is O=c1c(-c2ccccc2)c(O)on1/C=C1/C=CC=[NH+]1. The molecule has 5 nitrogen and oxygen atoms in total. The fraction of sp³-hybridized carbons (Fsp3) is 0. The maximum atomic E-state index is 12.2. The molecule has 0 aliphatic carbocycles. The molecule has 0 fully saturated rings. The van der Waals surface area contributed by atoms with E-state index in [0.29, 0.717) is 11.3 Å². The van der Waals surface area contributed by atoms with Gasteiger partial charge in [-0.1, -0.05) is 30.3 Å². The fourth-order valence-corrected chi connectivity index (χ4v) is 1.87. The van der Waals surface area contributed by atoms with Gasteiger partial charge in [0.1, 0.15) is 11.8 Å². The quantitative estimate of drug-likeness (QED) is 0.812. The summed E-state index contributed by atoms with van der Waals surface area (Å²) in [6.45, 7) is 0. The van der Waals surface area contributed by atoms with Crippen molar-refractivity contribution in [1.82, 2.24) is 4.74 Å². The third-order valence-corrected chi connectivity index (χ3v) is 2.75. The van der Waals surface area contributed by atoms with E-state index in [4.69, 9.17) is 4.52 Å². The summed E-state index contributed by atoms with van der Waals surface area (Å²) >= 11 is 0. The lowest BCUT2D eigenvalue weighted by Gasteiger charge is -1.93. The fourth-order valence-electron chi connectivity index (χ4n) is 1.87. The van der Waals surface area contributed by atoms with Crippen molar-refractivity contribution in [3.8, 4) is 17.1 Å². The van der Waals surface area contributed by atoms with Crippen molar-refractivity contribution < 1.29 is 14.6 Å². The summed E-state index contributed by atoms with van der Waals surface area (Å²) in [5.41, 5.74) is 1.07. The van der Waals surface area contributed by atoms with Gasteiger partial charge in [-0.05, 0) is 5.56 Å². The summed E-state index contributed by atoms with van der Waals surface area (Å²) in [6, 6.07) is 8.90. The van der Waals surface area contributed by atoms with E-state index in [1.54, 1.807) is 42.6 Å². The molecule has 1 aliphatic heterocycles. The summed E-state index contributed by atoms with van der Waals surface area (Å²) in [4.78, 5) is 15.1. The lowest BCUT2D eigenvalue weighted by atomic mass is 10.1. The van der Waals surface area contributed by atoms with Gasteiger partial charge in [-0.3, -0.25) is 4.79 Å². The van der Waals surface area contributed by atoms with Gasteiger partial charge < -0.3 is 9.63 Å². The van der Waals surface area contributed by atoms with Gasteiger partial charge >= 0.3 is 5.95 Å². The van der Waals surface area contributed by atoms with Crippen molar-refractivity contribution in [3.63, 3.8) is 0 Å². The van der Waals surface area contributed by atoms with Crippen LogP contribution in [-0.4, -0.2) is 16.1 Å². The number of nitrogens with zero attached hydrogens (tertiary/aromatic N) is 1. The van der Waals surface area contributed by atoms with Gasteiger partial charge in [0, 0.05) is 12.2 Å². The van der Waals surface area contributed by atoms with Gasteiger partial charge in [-0.25, -0.2) is 4.99 Å². The predicted molar refractivity (Wildman–Crippen MR) is 70.5 cm³/mol. The third-order valence-electron chi connectivity index (χ3n) is 2.75. The van der Waals surface area contributed by atoms with Gasteiger partial charge in [0.15, 0.2) is 6.21 Å². The highest BCUT2D eigenvalue weighted by molar-refractivity contribution is 5.70. The molecule has 0 amide bonds. The van der Waals surface area contributed by atoms with Crippen molar-refractivity contribution in [2.45, 2.75) is 0 Å². The van der Waals surface area contributed by atoms with Crippen LogP contribution in [0, 0.1) is 0 Å². The number of hydrogen-bond donors (Lipinski definition) is 2. The van der Waals surface area contributed by atoms with E-state index in [0.717, 1.165) is 4.74 Å². The van der Waals surface area contributed by atoms with E-state index in [2.05, 4.69) is 4.99 Å². The lowest BCUT2D eigenvalue weighted by molar-refractivity contribution is -0.379. The minimum Gasteiger partial charge on any atom is -0.479 e. The van der Waals surface area contributed by atoms with E-state index in [9.17, 15) is 9.90 Å². The average Bonchev–Trinajstić information content (AvgIpc) is 3.01. The minimum atomic E-state index is -0.404. The second-order valence-electron chi connectivity index (χ2n) is 4.02. The third kappa shape index (κ3) is 2.01. The first-order valence-corrected chi connectivity index (χ1v) is 5.74. The van der Waals surface area contributed by atoms with Crippen LogP contribution in [0.2, 0.25) is 0 Å². The zero-order valence-corrected chi connectivity index (χ0v) is 9.91. The second kappa shape index (κ2) is 4.45. The van der Waals surface area contributed by atoms with E-state index < -0.39 is 5.56 Å². The van der Waals surface area contributed by atoms with Gasteiger partial charge in [0.2, 0.25) is 5.70 Å². The molecular formula is C14H11N2O3+. The molecule has 1 aliphatic rings. The molecule has 1 aromatic heterocycles. The zero-order chi connectivity index (χ0) is 13.2. The molecule has 3 rings (SSSR count). The summed E-state index contributed by atoms with van der Waals surface area (Å²) < 4.78 is 6.06. The van der Waals surface area contributed by atoms with Crippen LogP contribution >= 0.6 is 0 Å². The van der Waals surface area contributed by atoms with Crippen LogP contribution in [0.1, 0.15) is 0 Å². The number of aromatic nitrogens is 1. The molecule has 0 spiro atoms. The molecular weight excluding hydrogens is 244 g/mol. The smallest absolute Gasteiger partial charge is 0.318 e. The Morgan fingerprint density at radius 1 is 1.26 bits per heavy atom. The maximum Gasteiger partial charge on any atom is 0.318 e. The Morgan fingerprint density at radius 3 is 2.74 bits per heavy atom. The highest BCUT2D eigenvalue weighted by atomic mass is 16.6. The van der Waals surface area contributed by atoms with Crippen molar-refractivity contribution in [1.29, 1.82) is 0 Å². The number of rotatable bonds is 2. The predicted octanol–water partition coefficient (Wildman–Crippen LogP) is 0.334. The van der Waals surface area contributed by atoms with Crippen molar-refractivity contribution in [2.75, 3.05) is 0 Å². The standard InChI is InChI=1S/C14H10N2O3/c17-13-12(10-5-2-1-3-6-10)14(18)19-16(13)9-11-7-4-8-15-11/h1-9,18H/p+1/b11-9-. The van der Waals surface area contributed by atoms with Gasteiger partial charge in [0.25, 0.3) is 5.56 Å². The van der Waals surface area contributed by atoms with E-state index in [1.807, 2.05) is 6.07 Å². The van der Waals surface area contributed by atoms with Gasteiger partial charge in [-0.2, -0.15) is 0 Å². The molecule has 5 heteroatoms. The first kappa shape index (κ1) is 11.3. The Labute approximate surface area is 108 Å². The Bertz CT molecular complexity index is 735. The van der Waals surface area contributed by atoms with Gasteiger partial charge in [0.05, 0.1) is 0 Å². The molecule has 0 atom stereocenters. The van der Waals surface area contributed by atoms with E-state index in [-0.39, 0.29) is 11.5 Å². The number of allylic oxidation sites excluding steroid dienone is 2. The Kier molecular flexibility index (Phi) is 2.64. The normalized spacial score (nSPS) is 15.5. The molecule has 0 radical (unpaired) electrons. The molecule has 19 heavy (non-hydrogen) atoms. The number of benzene rings is 1. The largest absolute Gasteiger partial charge is 0.479 e. The van der Waals surface area contributed by atoms with E-state index >= 15 is 0 Å². The molecule has 0 saturated carbocycles. The van der Waals surface area contributed by atoms with E-state index in [1.165, 1.54) is 6.20 Å². The Morgan fingerprint density at radius 2 is 2.05 bits per heavy atom. The van der Waals surface area contributed by atoms with Crippen LogP contribution in [0.25, 0.3) is 17.3 Å². The van der Waals surface area contributed by atoms with Crippen LogP contribution in [0.15, 0.2) is 57.5 Å². The van der Waals surface area contributed by atoms with Crippen LogP contribution in [0.4, 0.5) is 0 Å². The minimum absolute atomic E-state index is 0.156. The molecule has 0 bridgehead atoms. The maximum absolute atomic E-state index is 12.2. The lowest BCUT2D eigenvalue weighted by Crippen LogP contribution is -2.63. The van der Waals surface area contributed by atoms with Crippen molar-refractivity contribution in [3.05, 3.63) is 58.5 Å². The highest BCUT2D eigenvalue weighted by Crippen LogP contribution is 2.25. The Balaban J connectivity index is 2.12. The molecule has 1 aromatic carbocycles. The first-order valence-electron chi connectivity index (χ1n) is 5.74. The van der Waals surface area contributed by atoms with Gasteiger partial charge in [-0.15, -0.1) is 4.74 Å². The van der Waals surface area contributed by atoms with Crippen LogP contribution < -0.4 is 10.6 Å². The van der Waals surface area contributed by atoms with Crippen molar-refractivity contribution in [2.24, 2.45) is 0 Å². The first-order chi connectivity index (χ1) is 9.25. The second-order valence-corrected chi connectivity index (χ2v) is 4.02. The van der Waals surface area contributed by atoms with Crippen LogP contribution in [0.3, 0.4) is 0 Å². The number of nitrogens with one attached hydrogen (secondary N) is 1. The van der Waals surface area contributed by atoms with Crippen LogP contribution in [0.5, 0.6) is 5.95 Å². The average molecular weight is 255 g/mol. The molecule has 94 valence electrons. The molecule has 0 saturated heterocycles. The molecule has 2 heterocycles. The zero-order valence-electron chi connectivity index (χ0n) is 9.91.